The SMILES string of the molecule is CC(O)CCN(C)Cc1cnc2cnccn12. The van der Waals surface area contributed by atoms with E-state index in [9.17, 15) is 5.11 Å². The Morgan fingerprint density at radius 3 is 3.06 bits per heavy atom. The average Bonchev–Trinajstić information content (AvgIpc) is 2.70. The molecule has 0 saturated heterocycles. The highest BCUT2D eigenvalue weighted by atomic mass is 16.3. The molecule has 0 bridgehead atoms. The van der Waals surface area contributed by atoms with Crippen molar-refractivity contribution in [3.05, 3.63) is 30.5 Å². The summed E-state index contributed by atoms with van der Waals surface area (Å²) in [6, 6.07) is 0. The average molecular weight is 234 g/mol. The zero-order chi connectivity index (χ0) is 12.3. The summed E-state index contributed by atoms with van der Waals surface area (Å²) >= 11 is 0. The molecule has 1 unspecified atom stereocenters. The van der Waals surface area contributed by atoms with E-state index in [0.29, 0.717) is 0 Å². The molecular formula is C12H18N4O. The molecule has 2 aromatic heterocycles. The molecule has 92 valence electrons. The Morgan fingerprint density at radius 2 is 2.29 bits per heavy atom. The van der Waals surface area contributed by atoms with Crippen LogP contribution in [-0.4, -0.2) is 44.1 Å². The van der Waals surface area contributed by atoms with Crippen molar-refractivity contribution in [3.63, 3.8) is 0 Å². The summed E-state index contributed by atoms with van der Waals surface area (Å²) in [5.74, 6) is 0. The monoisotopic (exact) mass is 234 g/mol. The van der Waals surface area contributed by atoms with Gasteiger partial charge in [0.2, 0.25) is 0 Å². The summed E-state index contributed by atoms with van der Waals surface area (Å²) < 4.78 is 2.03. The van der Waals surface area contributed by atoms with Crippen molar-refractivity contribution in [2.24, 2.45) is 0 Å². The van der Waals surface area contributed by atoms with E-state index >= 15 is 0 Å². The summed E-state index contributed by atoms with van der Waals surface area (Å²) in [4.78, 5) is 10.5. The smallest absolute Gasteiger partial charge is 0.155 e. The maximum absolute atomic E-state index is 9.25. The number of hydrogen-bond acceptors (Lipinski definition) is 4. The van der Waals surface area contributed by atoms with Crippen molar-refractivity contribution in [2.45, 2.75) is 26.0 Å². The molecule has 2 rings (SSSR count). The van der Waals surface area contributed by atoms with Gasteiger partial charge in [0.1, 0.15) is 0 Å². The Bertz CT molecular complexity index is 480. The van der Waals surface area contributed by atoms with E-state index in [0.717, 1.165) is 30.9 Å². The minimum absolute atomic E-state index is 0.246. The normalized spacial score (nSPS) is 13.4. The second kappa shape index (κ2) is 5.25. The van der Waals surface area contributed by atoms with Gasteiger partial charge in [-0.15, -0.1) is 0 Å². The van der Waals surface area contributed by atoms with Gasteiger partial charge in [-0.2, -0.15) is 0 Å². The molecule has 0 spiro atoms. The molecular weight excluding hydrogens is 216 g/mol. The van der Waals surface area contributed by atoms with Crippen molar-refractivity contribution in [1.82, 2.24) is 19.3 Å². The molecule has 0 aromatic carbocycles. The lowest BCUT2D eigenvalue weighted by molar-refractivity contribution is 0.162. The summed E-state index contributed by atoms with van der Waals surface area (Å²) in [6.07, 6.45) is 7.84. The first-order valence-electron chi connectivity index (χ1n) is 5.79. The number of aliphatic hydroxyl groups is 1. The van der Waals surface area contributed by atoms with Gasteiger partial charge in [0.15, 0.2) is 5.65 Å². The number of aromatic nitrogens is 3. The van der Waals surface area contributed by atoms with Crippen LogP contribution in [0.5, 0.6) is 0 Å². The molecule has 2 aromatic rings. The van der Waals surface area contributed by atoms with Gasteiger partial charge in [-0.1, -0.05) is 0 Å². The Hall–Kier alpha value is -1.46. The molecule has 0 aliphatic rings. The van der Waals surface area contributed by atoms with E-state index in [1.165, 1.54) is 0 Å². The lowest BCUT2D eigenvalue weighted by Gasteiger charge is -2.16. The highest BCUT2D eigenvalue weighted by Crippen LogP contribution is 2.07. The fraction of sp³-hybridized carbons (Fsp3) is 0.500. The van der Waals surface area contributed by atoms with Crippen LogP contribution < -0.4 is 0 Å². The molecule has 0 aliphatic carbocycles. The highest BCUT2D eigenvalue weighted by molar-refractivity contribution is 5.36. The van der Waals surface area contributed by atoms with Crippen LogP contribution in [0.2, 0.25) is 0 Å². The minimum atomic E-state index is -0.246. The number of aliphatic hydroxyl groups excluding tert-OH is 1. The summed E-state index contributed by atoms with van der Waals surface area (Å²) in [7, 11) is 2.04. The van der Waals surface area contributed by atoms with Crippen molar-refractivity contribution < 1.29 is 5.11 Å². The van der Waals surface area contributed by atoms with Crippen LogP contribution in [0.4, 0.5) is 0 Å². The number of imidazole rings is 1. The largest absolute Gasteiger partial charge is 0.393 e. The quantitative estimate of drug-likeness (QED) is 0.836. The molecule has 5 heteroatoms. The molecule has 0 fully saturated rings. The third-order valence-electron chi connectivity index (χ3n) is 2.75. The van der Waals surface area contributed by atoms with Crippen LogP contribution >= 0.6 is 0 Å². The zero-order valence-corrected chi connectivity index (χ0v) is 10.2. The standard InChI is InChI=1S/C12H18N4O/c1-10(17)3-5-15(2)9-11-7-14-12-8-13-4-6-16(11)12/h4,6-8,10,17H,3,5,9H2,1-2H3. The molecule has 0 amide bonds. The fourth-order valence-electron chi connectivity index (χ4n) is 1.77. The summed E-state index contributed by atoms with van der Waals surface area (Å²) in [5, 5.41) is 9.25. The molecule has 0 aliphatic heterocycles. The number of rotatable bonds is 5. The first kappa shape index (κ1) is 12.0. The van der Waals surface area contributed by atoms with Gasteiger partial charge in [0, 0.05) is 25.5 Å². The van der Waals surface area contributed by atoms with Crippen LogP contribution in [0.1, 0.15) is 19.0 Å². The van der Waals surface area contributed by atoms with E-state index in [2.05, 4.69) is 14.9 Å². The summed E-state index contributed by atoms with van der Waals surface area (Å²) in [5.41, 5.74) is 2.00. The molecule has 17 heavy (non-hydrogen) atoms. The molecule has 1 N–H and O–H groups in total. The second-order valence-corrected chi connectivity index (χ2v) is 4.43. The van der Waals surface area contributed by atoms with Gasteiger partial charge in [0.25, 0.3) is 0 Å². The Kier molecular flexibility index (Phi) is 3.71. The highest BCUT2D eigenvalue weighted by Gasteiger charge is 2.07. The fourth-order valence-corrected chi connectivity index (χ4v) is 1.77. The van der Waals surface area contributed by atoms with E-state index in [1.807, 2.05) is 30.8 Å². The van der Waals surface area contributed by atoms with Crippen LogP contribution in [0, 0.1) is 0 Å². The van der Waals surface area contributed by atoms with E-state index in [1.54, 1.807) is 12.4 Å². The van der Waals surface area contributed by atoms with Gasteiger partial charge >= 0.3 is 0 Å². The lowest BCUT2D eigenvalue weighted by atomic mass is 10.2. The van der Waals surface area contributed by atoms with Crippen LogP contribution in [0.25, 0.3) is 5.65 Å². The molecule has 0 radical (unpaired) electrons. The number of hydrogen-bond donors (Lipinski definition) is 1. The Morgan fingerprint density at radius 1 is 1.47 bits per heavy atom. The van der Waals surface area contributed by atoms with E-state index < -0.39 is 0 Å². The van der Waals surface area contributed by atoms with Crippen LogP contribution in [-0.2, 0) is 6.54 Å². The van der Waals surface area contributed by atoms with Gasteiger partial charge in [0.05, 0.1) is 24.2 Å². The van der Waals surface area contributed by atoms with Gasteiger partial charge in [-0.25, -0.2) is 4.98 Å². The maximum Gasteiger partial charge on any atom is 0.155 e. The van der Waals surface area contributed by atoms with Crippen molar-refractivity contribution in [1.29, 1.82) is 0 Å². The van der Waals surface area contributed by atoms with Crippen LogP contribution in [0.15, 0.2) is 24.8 Å². The predicted molar refractivity (Wildman–Crippen MR) is 65.6 cm³/mol. The zero-order valence-electron chi connectivity index (χ0n) is 10.2. The van der Waals surface area contributed by atoms with Crippen molar-refractivity contribution >= 4 is 5.65 Å². The maximum atomic E-state index is 9.25. The topological polar surface area (TPSA) is 53.7 Å². The Balaban J connectivity index is 2.03. The Labute approximate surface area is 101 Å². The van der Waals surface area contributed by atoms with Gasteiger partial charge in [-0.3, -0.25) is 9.38 Å². The lowest BCUT2D eigenvalue weighted by Crippen LogP contribution is -2.22. The van der Waals surface area contributed by atoms with Crippen molar-refractivity contribution in [2.75, 3.05) is 13.6 Å². The van der Waals surface area contributed by atoms with E-state index in [-0.39, 0.29) is 6.10 Å². The van der Waals surface area contributed by atoms with E-state index in [4.69, 9.17) is 0 Å². The van der Waals surface area contributed by atoms with Gasteiger partial charge < -0.3 is 10.0 Å². The minimum Gasteiger partial charge on any atom is -0.393 e. The molecule has 2 heterocycles. The second-order valence-electron chi connectivity index (χ2n) is 4.43. The third kappa shape index (κ3) is 3.01. The first-order chi connectivity index (χ1) is 8.16. The number of nitrogens with zero attached hydrogens (tertiary/aromatic N) is 4. The number of fused-ring (bicyclic) bond motifs is 1. The molecule has 0 saturated carbocycles. The van der Waals surface area contributed by atoms with Gasteiger partial charge in [-0.05, 0) is 20.4 Å². The van der Waals surface area contributed by atoms with Crippen LogP contribution in [0.3, 0.4) is 0 Å². The third-order valence-corrected chi connectivity index (χ3v) is 2.75. The molecule has 5 nitrogen and oxygen atoms in total. The molecule has 1 atom stereocenters. The first-order valence-corrected chi connectivity index (χ1v) is 5.79. The van der Waals surface area contributed by atoms with Crippen molar-refractivity contribution in [3.8, 4) is 0 Å². The summed E-state index contributed by atoms with van der Waals surface area (Å²) in [6.45, 7) is 3.50. The predicted octanol–water partition coefficient (Wildman–Crippen LogP) is 0.932.